The molecule has 1 unspecified atom stereocenters. The number of rotatable bonds is 6. The number of aliphatic carboxylic acids is 1. The van der Waals surface area contributed by atoms with Crippen molar-refractivity contribution in [2.75, 3.05) is 13.2 Å². The molecule has 2 heterocycles. The largest absolute Gasteiger partial charge is 0.506 e. The van der Waals surface area contributed by atoms with Crippen LogP contribution < -0.4 is 4.74 Å². The van der Waals surface area contributed by atoms with Crippen molar-refractivity contribution in [1.29, 1.82) is 0 Å². The number of ether oxygens (including phenoxy) is 2. The molecular weight excluding hydrogens is 346 g/mol. The van der Waals surface area contributed by atoms with Gasteiger partial charge in [0.15, 0.2) is 6.61 Å². The summed E-state index contributed by atoms with van der Waals surface area (Å²) in [6.07, 6.45) is 2.33. The van der Waals surface area contributed by atoms with Crippen molar-refractivity contribution >= 4 is 5.97 Å². The fourth-order valence-electron chi connectivity index (χ4n) is 3.48. The van der Waals surface area contributed by atoms with Crippen molar-refractivity contribution in [2.24, 2.45) is 0 Å². The van der Waals surface area contributed by atoms with E-state index in [1.54, 1.807) is 6.07 Å². The maximum Gasteiger partial charge on any atom is 0.341 e. The zero-order valence-electron chi connectivity index (χ0n) is 15.9. The maximum absolute atomic E-state index is 10.8. The molecular formula is C21H25NO5. The van der Waals surface area contributed by atoms with Crippen molar-refractivity contribution < 1.29 is 24.5 Å². The highest BCUT2D eigenvalue weighted by Crippen LogP contribution is 2.34. The lowest BCUT2D eigenvalue weighted by Crippen LogP contribution is -2.11. The molecule has 1 aliphatic heterocycles. The molecule has 1 fully saturated rings. The number of nitrogens with zero attached hydrogens (tertiary/aromatic N) is 1. The first-order valence-electron chi connectivity index (χ1n) is 9.11. The zero-order valence-corrected chi connectivity index (χ0v) is 15.9. The Bertz CT molecular complexity index is 856. The first-order valence-corrected chi connectivity index (χ1v) is 9.11. The van der Waals surface area contributed by atoms with Gasteiger partial charge < -0.3 is 19.7 Å². The summed E-state index contributed by atoms with van der Waals surface area (Å²) in [6.45, 7) is 6.26. The number of benzene rings is 1. The van der Waals surface area contributed by atoms with Crippen LogP contribution in [0.5, 0.6) is 11.5 Å². The van der Waals surface area contributed by atoms with E-state index < -0.39 is 5.97 Å². The van der Waals surface area contributed by atoms with Crippen molar-refractivity contribution in [3.63, 3.8) is 0 Å². The lowest BCUT2D eigenvalue weighted by molar-refractivity contribution is -0.139. The summed E-state index contributed by atoms with van der Waals surface area (Å²) in [4.78, 5) is 15.4. The Labute approximate surface area is 158 Å². The highest BCUT2D eigenvalue weighted by Gasteiger charge is 2.23. The number of hydrogen-bond donors (Lipinski definition) is 2. The van der Waals surface area contributed by atoms with Gasteiger partial charge in [0.25, 0.3) is 0 Å². The van der Waals surface area contributed by atoms with Crippen LogP contribution in [0.15, 0.2) is 18.2 Å². The Hall–Kier alpha value is -2.60. The second kappa shape index (κ2) is 7.96. The molecule has 27 heavy (non-hydrogen) atoms. The van der Waals surface area contributed by atoms with Crippen LogP contribution in [0, 0.1) is 20.8 Å². The second-order valence-corrected chi connectivity index (χ2v) is 6.99. The fourth-order valence-corrected chi connectivity index (χ4v) is 3.48. The molecule has 0 radical (unpaired) electrons. The van der Waals surface area contributed by atoms with E-state index in [4.69, 9.17) is 14.6 Å². The van der Waals surface area contributed by atoms with Gasteiger partial charge in [-0.3, -0.25) is 4.98 Å². The van der Waals surface area contributed by atoms with Crippen molar-refractivity contribution in [2.45, 2.75) is 46.1 Å². The average molecular weight is 371 g/mol. The lowest BCUT2D eigenvalue weighted by atomic mass is 9.93. The third-order valence-corrected chi connectivity index (χ3v) is 5.11. The minimum atomic E-state index is -0.997. The number of carboxylic acids is 1. The average Bonchev–Trinajstić information content (AvgIpc) is 3.16. The molecule has 2 N–H and O–H groups in total. The van der Waals surface area contributed by atoms with E-state index in [1.165, 1.54) is 0 Å². The maximum atomic E-state index is 10.8. The van der Waals surface area contributed by atoms with E-state index in [9.17, 15) is 9.90 Å². The number of carbonyl (C=O) groups is 1. The first-order chi connectivity index (χ1) is 12.9. The molecule has 1 saturated heterocycles. The minimum absolute atomic E-state index is 0.138. The normalized spacial score (nSPS) is 16.5. The third-order valence-electron chi connectivity index (χ3n) is 5.11. The standard InChI is InChI=1S/C21H25NO5/c1-12-9-19(27-11-20(24)25)14(3)13(2)16(12)10-15-6-7-17(23)21(22-15)18-5-4-8-26-18/h6-7,9,18,23H,4-5,8,10-11H2,1-3H3,(H,24,25). The fraction of sp³-hybridized carbons (Fsp3) is 0.429. The van der Waals surface area contributed by atoms with Crippen LogP contribution in [0.1, 0.15) is 52.6 Å². The Balaban J connectivity index is 1.88. The monoisotopic (exact) mass is 371 g/mol. The Morgan fingerprint density at radius 2 is 2.07 bits per heavy atom. The Morgan fingerprint density at radius 1 is 1.30 bits per heavy atom. The summed E-state index contributed by atoms with van der Waals surface area (Å²) < 4.78 is 11.1. The van der Waals surface area contributed by atoms with Crippen LogP contribution >= 0.6 is 0 Å². The molecule has 0 bridgehead atoms. The van der Waals surface area contributed by atoms with Gasteiger partial charge >= 0.3 is 5.97 Å². The molecule has 2 aromatic rings. The van der Waals surface area contributed by atoms with Gasteiger partial charge in [-0.2, -0.15) is 0 Å². The van der Waals surface area contributed by atoms with Crippen molar-refractivity contribution in [3.05, 3.63) is 51.8 Å². The third kappa shape index (κ3) is 4.22. The van der Waals surface area contributed by atoms with Crippen LogP contribution in [0.25, 0.3) is 0 Å². The van der Waals surface area contributed by atoms with Gasteiger partial charge in [0.2, 0.25) is 0 Å². The van der Waals surface area contributed by atoms with Gasteiger partial charge in [0, 0.05) is 18.7 Å². The molecule has 3 rings (SSSR count). The van der Waals surface area contributed by atoms with Crippen LogP contribution in [0.2, 0.25) is 0 Å². The number of aromatic nitrogens is 1. The molecule has 144 valence electrons. The lowest BCUT2D eigenvalue weighted by Gasteiger charge is -2.17. The number of aryl methyl sites for hydroxylation is 1. The van der Waals surface area contributed by atoms with Gasteiger partial charge in [0.1, 0.15) is 23.3 Å². The Morgan fingerprint density at radius 3 is 2.74 bits per heavy atom. The van der Waals surface area contributed by atoms with Crippen LogP contribution in [0.4, 0.5) is 0 Å². The molecule has 0 amide bonds. The van der Waals surface area contributed by atoms with E-state index >= 15 is 0 Å². The van der Waals surface area contributed by atoms with E-state index in [-0.39, 0.29) is 18.5 Å². The highest BCUT2D eigenvalue weighted by molar-refractivity contribution is 5.68. The van der Waals surface area contributed by atoms with E-state index in [2.05, 4.69) is 4.98 Å². The topological polar surface area (TPSA) is 88.9 Å². The summed E-state index contributed by atoms with van der Waals surface area (Å²) >= 11 is 0. The molecule has 1 aromatic heterocycles. The van der Waals surface area contributed by atoms with E-state index in [1.807, 2.05) is 32.9 Å². The molecule has 1 aromatic carbocycles. The van der Waals surface area contributed by atoms with Gasteiger partial charge in [-0.05, 0) is 74.1 Å². The summed E-state index contributed by atoms with van der Waals surface area (Å²) in [7, 11) is 0. The summed E-state index contributed by atoms with van der Waals surface area (Å²) in [5.41, 5.74) is 5.61. The summed E-state index contributed by atoms with van der Waals surface area (Å²) in [5, 5.41) is 19.0. The van der Waals surface area contributed by atoms with Gasteiger partial charge in [-0.1, -0.05) is 0 Å². The van der Waals surface area contributed by atoms with E-state index in [0.29, 0.717) is 24.5 Å². The molecule has 0 saturated carbocycles. The molecule has 0 aliphatic carbocycles. The molecule has 0 spiro atoms. The van der Waals surface area contributed by atoms with Crippen LogP contribution in [-0.4, -0.2) is 34.4 Å². The Kier molecular flexibility index (Phi) is 5.65. The predicted octanol–water partition coefficient (Wildman–Crippen LogP) is 3.62. The van der Waals surface area contributed by atoms with Gasteiger partial charge in [0.05, 0.1) is 0 Å². The number of carboxylic acid groups (broad SMARTS) is 1. The molecule has 6 nitrogen and oxygen atoms in total. The second-order valence-electron chi connectivity index (χ2n) is 6.99. The first kappa shape index (κ1) is 19.2. The quantitative estimate of drug-likeness (QED) is 0.806. The minimum Gasteiger partial charge on any atom is -0.506 e. The number of aromatic hydroxyl groups is 1. The van der Waals surface area contributed by atoms with E-state index in [0.717, 1.165) is 40.8 Å². The summed E-state index contributed by atoms with van der Waals surface area (Å²) in [6, 6.07) is 5.39. The van der Waals surface area contributed by atoms with Gasteiger partial charge in [-0.15, -0.1) is 0 Å². The summed E-state index contributed by atoms with van der Waals surface area (Å²) in [5.74, 6) is -0.230. The highest BCUT2D eigenvalue weighted by atomic mass is 16.5. The number of hydrogen-bond acceptors (Lipinski definition) is 5. The predicted molar refractivity (Wildman–Crippen MR) is 100 cm³/mol. The number of pyridine rings is 1. The van der Waals surface area contributed by atoms with Crippen molar-refractivity contribution in [1.82, 2.24) is 4.98 Å². The molecule has 6 heteroatoms. The van der Waals surface area contributed by atoms with Crippen molar-refractivity contribution in [3.8, 4) is 11.5 Å². The molecule has 1 aliphatic rings. The zero-order chi connectivity index (χ0) is 19.6. The molecule has 1 atom stereocenters. The SMILES string of the molecule is Cc1cc(OCC(=O)O)c(C)c(C)c1Cc1ccc(O)c(C2CCCO2)n1. The van der Waals surface area contributed by atoms with Crippen LogP contribution in [-0.2, 0) is 16.0 Å². The van der Waals surface area contributed by atoms with Gasteiger partial charge in [-0.25, -0.2) is 4.79 Å². The van der Waals surface area contributed by atoms with Crippen LogP contribution in [0.3, 0.4) is 0 Å². The smallest absolute Gasteiger partial charge is 0.341 e.